The van der Waals surface area contributed by atoms with Crippen LogP contribution in [-0.4, -0.2) is 26.8 Å². The number of thiophene rings is 1. The molecule has 0 fully saturated rings. The highest BCUT2D eigenvalue weighted by atomic mass is 32.1. The molecule has 0 radical (unpaired) electrons. The van der Waals surface area contributed by atoms with E-state index < -0.39 is 0 Å². The fourth-order valence-electron chi connectivity index (χ4n) is 1.29. The molecule has 14 heavy (non-hydrogen) atoms. The van der Waals surface area contributed by atoms with Crippen molar-refractivity contribution in [3.05, 3.63) is 22.4 Å². The first-order chi connectivity index (χ1) is 6.93. The van der Waals surface area contributed by atoms with Crippen LogP contribution in [0.25, 0.3) is 0 Å². The Morgan fingerprint density at radius 2 is 2.29 bits per heavy atom. The third-order valence-corrected chi connectivity index (χ3v) is 2.85. The van der Waals surface area contributed by atoms with Gasteiger partial charge in [-0.15, -0.1) is 0 Å². The molecule has 80 valence electrons. The largest absolute Gasteiger partial charge is 0.385 e. The second-order valence-corrected chi connectivity index (χ2v) is 4.11. The van der Waals surface area contributed by atoms with E-state index in [1.165, 1.54) is 12.0 Å². The SMILES string of the molecule is COCCCCNCCc1ccsc1. The first kappa shape index (κ1) is 11.7. The van der Waals surface area contributed by atoms with Gasteiger partial charge in [0.1, 0.15) is 0 Å². The molecule has 0 amide bonds. The molecular formula is C11H19NOS. The van der Waals surface area contributed by atoms with Crippen molar-refractivity contribution in [2.45, 2.75) is 19.3 Å². The highest BCUT2D eigenvalue weighted by molar-refractivity contribution is 7.07. The second kappa shape index (κ2) is 7.97. The fourth-order valence-corrected chi connectivity index (χ4v) is 1.99. The van der Waals surface area contributed by atoms with E-state index in [1.54, 1.807) is 18.4 Å². The van der Waals surface area contributed by atoms with E-state index in [1.807, 2.05) is 0 Å². The van der Waals surface area contributed by atoms with Gasteiger partial charge in [0, 0.05) is 13.7 Å². The van der Waals surface area contributed by atoms with Gasteiger partial charge in [-0.05, 0) is 54.7 Å². The average molecular weight is 213 g/mol. The molecule has 0 saturated carbocycles. The topological polar surface area (TPSA) is 21.3 Å². The molecule has 0 spiro atoms. The summed E-state index contributed by atoms with van der Waals surface area (Å²) in [6.07, 6.45) is 3.51. The molecule has 0 aliphatic rings. The van der Waals surface area contributed by atoms with Crippen molar-refractivity contribution in [2.24, 2.45) is 0 Å². The molecular weight excluding hydrogens is 194 g/mol. The van der Waals surface area contributed by atoms with E-state index in [0.717, 1.165) is 32.5 Å². The summed E-state index contributed by atoms with van der Waals surface area (Å²) in [5, 5.41) is 7.78. The van der Waals surface area contributed by atoms with Crippen LogP contribution in [0.3, 0.4) is 0 Å². The van der Waals surface area contributed by atoms with Gasteiger partial charge < -0.3 is 10.1 Å². The molecule has 1 heterocycles. The first-order valence-electron chi connectivity index (χ1n) is 5.14. The van der Waals surface area contributed by atoms with E-state index >= 15 is 0 Å². The van der Waals surface area contributed by atoms with Gasteiger partial charge in [0.25, 0.3) is 0 Å². The standard InChI is InChI=1S/C11H19NOS/c1-13-8-3-2-6-12-7-4-11-5-9-14-10-11/h5,9-10,12H,2-4,6-8H2,1H3. The van der Waals surface area contributed by atoms with Crippen molar-refractivity contribution in [2.75, 3.05) is 26.8 Å². The summed E-state index contributed by atoms with van der Waals surface area (Å²) in [5.74, 6) is 0. The number of hydrogen-bond donors (Lipinski definition) is 1. The Morgan fingerprint density at radius 3 is 3.00 bits per heavy atom. The van der Waals surface area contributed by atoms with Crippen molar-refractivity contribution in [3.8, 4) is 0 Å². The summed E-state index contributed by atoms with van der Waals surface area (Å²) in [7, 11) is 1.75. The minimum absolute atomic E-state index is 0.881. The van der Waals surface area contributed by atoms with E-state index in [4.69, 9.17) is 4.74 Å². The Morgan fingerprint density at radius 1 is 1.36 bits per heavy atom. The Hall–Kier alpha value is -0.380. The molecule has 1 rings (SSSR count). The van der Waals surface area contributed by atoms with Crippen molar-refractivity contribution < 1.29 is 4.74 Å². The van der Waals surface area contributed by atoms with Crippen LogP contribution in [0.5, 0.6) is 0 Å². The molecule has 1 N–H and O–H groups in total. The summed E-state index contributed by atoms with van der Waals surface area (Å²) >= 11 is 1.77. The number of rotatable bonds is 8. The van der Waals surface area contributed by atoms with Crippen LogP contribution in [-0.2, 0) is 11.2 Å². The predicted molar refractivity (Wildman–Crippen MR) is 62.0 cm³/mol. The van der Waals surface area contributed by atoms with E-state index in [0.29, 0.717) is 0 Å². The third kappa shape index (κ3) is 5.37. The molecule has 0 aliphatic carbocycles. The maximum atomic E-state index is 4.98. The maximum absolute atomic E-state index is 4.98. The van der Waals surface area contributed by atoms with Crippen LogP contribution < -0.4 is 5.32 Å². The van der Waals surface area contributed by atoms with Crippen LogP contribution >= 0.6 is 11.3 Å². The summed E-state index contributed by atoms with van der Waals surface area (Å²) < 4.78 is 4.98. The monoisotopic (exact) mass is 213 g/mol. The number of unbranched alkanes of at least 4 members (excludes halogenated alkanes) is 1. The zero-order valence-corrected chi connectivity index (χ0v) is 9.61. The Kier molecular flexibility index (Phi) is 6.66. The molecule has 0 aromatic carbocycles. The van der Waals surface area contributed by atoms with E-state index in [2.05, 4.69) is 22.1 Å². The number of ether oxygens (including phenoxy) is 1. The molecule has 0 saturated heterocycles. The lowest BCUT2D eigenvalue weighted by Gasteiger charge is -2.03. The zero-order chi connectivity index (χ0) is 10.1. The van der Waals surface area contributed by atoms with Gasteiger partial charge in [-0.1, -0.05) is 0 Å². The van der Waals surface area contributed by atoms with Crippen LogP contribution in [0.2, 0.25) is 0 Å². The Balaban J connectivity index is 1.85. The molecule has 0 bridgehead atoms. The van der Waals surface area contributed by atoms with Gasteiger partial charge in [0.05, 0.1) is 0 Å². The lowest BCUT2D eigenvalue weighted by Crippen LogP contribution is -2.18. The summed E-state index contributed by atoms with van der Waals surface area (Å²) in [5.41, 5.74) is 1.44. The highest BCUT2D eigenvalue weighted by Gasteiger charge is 1.92. The van der Waals surface area contributed by atoms with Gasteiger partial charge in [-0.2, -0.15) is 11.3 Å². The summed E-state index contributed by atoms with van der Waals surface area (Å²) in [6, 6.07) is 2.19. The summed E-state index contributed by atoms with van der Waals surface area (Å²) in [6.45, 7) is 3.07. The molecule has 1 aromatic heterocycles. The average Bonchev–Trinajstić information content (AvgIpc) is 2.69. The van der Waals surface area contributed by atoms with E-state index in [9.17, 15) is 0 Å². The number of hydrogen-bond acceptors (Lipinski definition) is 3. The maximum Gasteiger partial charge on any atom is 0.0462 e. The lowest BCUT2D eigenvalue weighted by atomic mass is 10.2. The Bertz CT molecular complexity index is 211. The van der Waals surface area contributed by atoms with Gasteiger partial charge >= 0.3 is 0 Å². The molecule has 3 heteroatoms. The van der Waals surface area contributed by atoms with Gasteiger partial charge in [-0.3, -0.25) is 0 Å². The predicted octanol–water partition coefficient (Wildman–Crippen LogP) is 2.31. The van der Waals surface area contributed by atoms with Gasteiger partial charge in [-0.25, -0.2) is 0 Å². The summed E-state index contributed by atoms with van der Waals surface area (Å²) in [4.78, 5) is 0. The van der Waals surface area contributed by atoms with Crippen molar-refractivity contribution in [1.29, 1.82) is 0 Å². The molecule has 0 aliphatic heterocycles. The number of nitrogens with one attached hydrogen (secondary N) is 1. The third-order valence-electron chi connectivity index (χ3n) is 2.12. The van der Waals surface area contributed by atoms with Crippen LogP contribution in [0.1, 0.15) is 18.4 Å². The smallest absolute Gasteiger partial charge is 0.0462 e. The van der Waals surface area contributed by atoms with E-state index in [-0.39, 0.29) is 0 Å². The molecule has 0 unspecified atom stereocenters. The zero-order valence-electron chi connectivity index (χ0n) is 8.79. The molecule has 2 nitrogen and oxygen atoms in total. The van der Waals surface area contributed by atoms with Crippen molar-refractivity contribution in [3.63, 3.8) is 0 Å². The van der Waals surface area contributed by atoms with Crippen LogP contribution in [0.15, 0.2) is 16.8 Å². The van der Waals surface area contributed by atoms with Crippen molar-refractivity contribution in [1.82, 2.24) is 5.32 Å². The van der Waals surface area contributed by atoms with Gasteiger partial charge in [0.15, 0.2) is 0 Å². The molecule has 1 aromatic rings. The quantitative estimate of drug-likeness (QED) is 0.669. The minimum atomic E-state index is 0.881. The molecule has 0 atom stereocenters. The normalized spacial score (nSPS) is 10.6. The van der Waals surface area contributed by atoms with Gasteiger partial charge in [0.2, 0.25) is 0 Å². The van der Waals surface area contributed by atoms with Crippen molar-refractivity contribution >= 4 is 11.3 Å². The first-order valence-corrected chi connectivity index (χ1v) is 6.08. The number of methoxy groups -OCH3 is 1. The van der Waals surface area contributed by atoms with Crippen LogP contribution in [0, 0.1) is 0 Å². The second-order valence-electron chi connectivity index (χ2n) is 3.33. The fraction of sp³-hybridized carbons (Fsp3) is 0.636. The van der Waals surface area contributed by atoms with Crippen LogP contribution in [0.4, 0.5) is 0 Å². The minimum Gasteiger partial charge on any atom is -0.385 e. The highest BCUT2D eigenvalue weighted by Crippen LogP contribution is 2.05. The Labute approximate surface area is 90.3 Å². The lowest BCUT2D eigenvalue weighted by molar-refractivity contribution is 0.192.